The van der Waals surface area contributed by atoms with Crippen LogP contribution in [0.15, 0.2) is 30.5 Å². The molecule has 0 aliphatic carbocycles. The van der Waals surface area contributed by atoms with Gasteiger partial charge in [0.2, 0.25) is 0 Å². The first-order valence-electron chi connectivity index (χ1n) is 6.27. The van der Waals surface area contributed by atoms with E-state index >= 15 is 0 Å². The molecule has 0 saturated heterocycles. The minimum atomic E-state index is -0.408. The summed E-state index contributed by atoms with van der Waals surface area (Å²) in [5.41, 5.74) is 2.85. The summed E-state index contributed by atoms with van der Waals surface area (Å²) in [6.07, 6.45) is 1.55. The molecule has 2 aromatic rings. The zero-order chi connectivity index (χ0) is 14.6. The molecule has 2 aliphatic rings. The maximum atomic E-state index is 13.5. The number of hydrogen-bond acceptors (Lipinski definition) is 3. The number of halogens is 2. The van der Waals surface area contributed by atoms with E-state index < -0.39 is 5.82 Å². The fourth-order valence-electron chi connectivity index (χ4n) is 2.61. The van der Waals surface area contributed by atoms with E-state index in [2.05, 4.69) is 10.3 Å². The standard InChI is InChI=1S/C15H8ClFN2O2/c16-14-10-6-21-13(8(10)3-4-18-14)12-9-5-7(17)1-2-11(9)19-15(12)20/h1-5H,6H2,(H,19,20)/b13-12-. The van der Waals surface area contributed by atoms with Crippen LogP contribution < -0.4 is 5.32 Å². The Kier molecular flexibility index (Phi) is 2.53. The van der Waals surface area contributed by atoms with Gasteiger partial charge in [0.15, 0.2) is 0 Å². The molecule has 3 heterocycles. The number of aromatic nitrogens is 1. The van der Waals surface area contributed by atoms with Crippen LogP contribution in [0.3, 0.4) is 0 Å². The lowest BCUT2D eigenvalue weighted by Crippen LogP contribution is -2.05. The summed E-state index contributed by atoms with van der Waals surface area (Å²) < 4.78 is 19.1. The topological polar surface area (TPSA) is 51.2 Å². The van der Waals surface area contributed by atoms with E-state index in [4.69, 9.17) is 16.3 Å². The quantitative estimate of drug-likeness (QED) is 0.600. The number of nitrogens with zero attached hydrogens (tertiary/aromatic N) is 1. The summed E-state index contributed by atoms with van der Waals surface area (Å²) in [5.74, 6) is -0.308. The van der Waals surface area contributed by atoms with E-state index in [1.54, 1.807) is 12.3 Å². The Bertz CT molecular complexity index is 832. The number of amides is 1. The Morgan fingerprint density at radius 1 is 1.29 bits per heavy atom. The fraction of sp³-hybridized carbons (Fsp3) is 0.0667. The first-order valence-corrected chi connectivity index (χ1v) is 6.65. The number of benzene rings is 1. The van der Waals surface area contributed by atoms with E-state index in [-0.39, 0.29) is 12.5 Å². The van der Waals surface area contributed by atoms with Crippen LogP contribution in [0.25, 0.3) is 11.3 Å². The number of ether oxygens (including phenoxy) is 1. The zero-order valence-corrected chi connectivity index (χ0v) is 11.4. The summed E-state index contributed by atoms with van der Waals surface area (Å²) in [6, 6.07) is 5.89. The molecule has 1 aromatic carbocycles. The molecule has 0 unspecified atom stereocenters. The van der Waals surface area contributed by atoms with Crippen molar-refractivity contribution in [1.29, 1.82) is 0 Å². The molecule has 0 bridgehead atoms. The van der Waals surface area contributed by atoms with Crippen LogP contribution >= 0.6 is 11.6 Å². The number of hydrogen-bond donors (Lipinski definition) is 1. The van der Waals surface area contributed by atoms with Crippen molar-refractivity contribution in [3.63, 3.8) is 0 Å². The molecule has 21 heavy (non-hydrogen) atoms. The Morgan fingerprint density at radius 2 is 2.14 bits per heavy atom. The van der Waals surface area contributed by atoms with Crippen molar-refractivity contribution in [3.8, 4) is 0 Å². The monoisotopic (exact) mass is 302 g/mol. The van der Waals surface area contributed by atoms with E-state index in [1.165, 1.54) is 18.2 Å². The van der Waals surface area contributed by atoms with Crippen LogP contribution in [0, 0.1) is 5.82 Å². The van der Waals surface area contributed by atoms with Gasteiger partial charge < -0.3 is 10.1 Å². The molecule has 0 radical (unpaired) electrons. The van der Waals surface area contributed by atoms with Gasteiger partial charge in [0.25, 0.3) is 5.91 Å². The van der Waals surface area contributed by atoms with Gasteiger partial charge in [0.05, 0.1) is 5.57 Å². The summed E-state index contributed by atoms with van der Waals surface area (Å²) in [7, 11) is 0. The van der Waals surface area contributed by atoms with Gasteiger partial charge in [0, 0.05) is 28.6 Å². The number of nitrogens with one attached hydrogen (secondary N) is 1. The normalized spacial score (nSPS) is 19.0. The van der Waals surface area contributed by atoms with Crippen LogP contribution in [0.5, 0.6) is 0 Å². The third-order valence-electron chi connectivity index (χ3n) is 3.56. The molecule has 6 heteroatoms. The highest BCUT2D eigenvalue weighted by molar-refractivity contribution is 6.36. The Morgan fingerprint density at radius 3 is 3.00 bits per heavy atom. The van der Waals surface area contributed by atoms with Crippen molar-refractivity contribution in [1.82, 2.24) is 4.98 Å². The van der Waals surface area contributed by atoms with Gasteiger partial charge in [0.1, 0.15) is 23.3 Å². The van der Waals surface area contributed by atoms with Crippen molar-refractivity contribution < 1.29 is 13.9 Å². The first kappa shape index (κ1) is 12.3. The summed E-state index contributed by atoms with van der Waals surface area (Å²) in [5, 5.41) is 3.05. The highest BCUT2D eigenvalue weighted by Crippen LogP contribution is 2.42. The van der Waals surface area contributed by atoms with Gasteiger partial charge in [-0.05, 0) is 24.3 Å². The summed E-state index contributed by atoms with van der Waals surface area (Å²) in [4.78, 5) is 16.2. The van der Waals surface area contributed by atoms with Crippen LogP contribution in [0.4, 0.5) is 10.1 Å². The van der Waals surface area contributed by atoms with Crippen LogP contribution in [0.2, 0.25) is 5.15 Å². The molecule has 2 aliphatic heterocycles. The van der Waals surface area contributed by atoms with Crippen molar-refractivity contribution in [3.05, 3.63) is 58.1 Å². The van der Waals surface area contributed by atoms with Crippen molar-refractivity contribution >= 4 is 34.5 Å². The van der Waals surface area contributed by atoms with Gasteiger partial charge >= 0.3 is 0 Å². The lowest BCUT2D eigenvalue weighted by atomic mass is 10.0. The van der Waals surface area contributed by atoms with Crippen molar-refractivity contribution in [2.24, 2.45) is 0 Å². The van der Waals surface area contributed by atoms with Gasteiger partial charge in [-0.1, -0.05) is 11.6 Å². The Labute approximate surface area is 124 Å². The molecule has 4 rings (SSSR count). The predicted octanol–water partition coefficient (Wildman–Crippen LogP) is 3.22. The minimum Gasteiger partial charge on any atom is -0.487 e. The third-order valence-corrected chi connectivity index (χ3v) is 3.89. The first-order chi connectivity index (χ1) is 10.1. The van der Waals surface area contributed by atoms with E-state index in [0.29, 0.717) is 27.7 Å². The van der Waals surface area contributed by atoms with Gasteiger partial charge in [-0.15, -0.1) is 0 Å². The largest absolute Gasteiger partial charge is 0.487 e. The maximum Gasteiger partial charge on any atom is 0.260 e. The Hall–Kier alpha value is -2.40. The highest BCUT2D eigenvalue weighted by Gasteiger charge is 2.33. The molecular weight excluding hydrogens is 295 g/mol. The molecule has 0 saturated carbocycles. The number of carbonyl (C=O) groups is 1. The number of pyridine rings is 1. The number of anilines is 1. The van der Waals surface area contributed by atoms with Crippen LogP contribution in [-0.4, -0.2) is 10.9 Å². The molecule has 1 N–H and O–H groups in total. The van der Waals surface area contributed by atoms with Gasteiger partial charge in [-0.2, -0.15) is 0 Å². The van der Waals surface area contributed by atoms with E-state index in [0.717, 1.165) is 11.1 Å². The SMILES string of the molecule is O=C1Nc2ccc(F)cc2/C1=C1/OCc2c1ccnc2Cl. The molecule has 0 atom stereocenters. The minimum absolute atomic E-state index is 0.249. The average molecular weight is 303 g/mol. The van der Waals surface area contributed by atoms with Gasteiger partial charge in [-0.25, -0.2) is 9.37 Å². The molecule has 104 valence electrons. The van der Waals surface area contributed by atoms with Crippen molar-refractivity contribution in [2.75, 3.05) is 5.32 Å². The molecule has 1 aromatic heterocycles. The number of rotatable bonds is 0. The number of carbonyl (C=O) groups excluding carboxylic acids is 1. The van der Waals surface area contributed by atoms with E-state index in [9.17, 15) is 9.18 Å². The summed E-state index contributed by atoms with van der Waals surface area (Å²) in [6.45, 7) is 0.249. The number of fused-ring (bicyclic) bond motifs is 2. The maximum absolute atomic E-state index is 13.5. The zero-order valence-electron chi connectivity index (χ0n) is 10.6. The molecule has 0 fully saturated rings. The highest BCUT2D eigenvalue weighted by atomic mass is 35.5. The average Bonchev–Trinajstić information content (AvgIpc) is 3.00. The molecular formula is C15H8ClFN2O2. The summed E-state index contributed by atoms with van der Waals surface area (Å²) >= 11 is 6.03. The third kappa shape index (κ3) is 1.74. The van der Waals surface area contributed by atoms with Crippen LogP contribution in [-0.2, 0) is 16.1 Å². The molecule has 0 spiro atoms. The lowest BCUT2D eigenvalue weighted by molar-refractivity contribution is -0.110. The second kappa shape index (κ2) is 4.30. The molecule has 1 amide bonds. The second-order valence-corrected chi connectivity index (χ2v) is 5.12. The van der Waals surface area contributed by atoms with Crippen molar-refractivity contribution in [2.45, 2.75) is 6.61 Å². The van der Waals surface area contributed by atoms with E-state index in [1.807, 2.05) is 0 Å². The van der Waals surface area contributed by atoms with Crippen LogP contribution in [0.1, 0.15) is 16.7 Å². The van der Waals surface area contributed by atoms with Gasteiger partial charge in [-0.3, -0.25) is 4.79 Å². The smallest absolute Gasteiger partial charge is 0.260 e. The predicted molar refractivity (Wildman–Crippen MR) is 75.9 cm³/mol. The fourth-order valence-corrected chi connectivity index (χ4v) is 2.82. The molecule has 4 nitrogen and oxygen atoms in total. The Balaban J connectivity index is 1.99. The second-order valence-electron chi connectivity index (χ2n) is 4.76. The lowest BCUT2D eigenvalue weighted by Gasteiger charge is -2.05.